The van der Waals surface area contributed by atoms with E-state index in [2.05, 4.69) is 17.6 Å². The third-order valence-electron chi connectivity index (χ3n) is 3.49. The Morgan fingerprint density at radius 2 is 2.06 bits per heavy atom. The Kier molecular flexibility index (Phi) is 2.97. The molecular weight excluding hydrogens is 212 g/mol. The minimum atomic E-state index is 0.633. The number of hydrogen-bond acceptors (Lipinski definition) is 4. The Morgan fingerprint density at radius 1 is 1.24 bits per heavy atom. The van der Waals surface area contributed by atoms with Crippen molar-refractivity contribution in [2.75, 3.05) is 25.0 Å². The number of nitrogens with zero attached hydrogens (tertiary/aromatic N) is 2. The number of fused-ring (bicyclic) bond motifs is 1. The molecule has 17 heavy (non-hydrogen) atoms. The Labute approximate surface area is 102 Å². The van der Waals surface area contributed by atoms with Gasteiger partial charge in [0.15, 0.2) is 0 Å². The first-order valence-electron chi connectivity index (χ1n) is 6.72. The van der Waals surface area contributed by atoms with Crippen molar-refractivity contribution in [1.82, 2.24) is 15.3 Å². The first-order valence-corrected chi connectivity index (χ1v) is 6.72. The molecule has 3 rings (SSSR count). The van der Waals surface area contributed by atoms with Crippen LogP contribution < -0.4 is 10.6 Å². The molecule has 4 heteroatoms. The number of aromatic nitrogens is 2. The molecule has 2 aliphatic rings. The summed E-state index contributed by atoms with van der Waals surface area (Å²) in [4.78, 5) is 9.52. The molecule has 1 aliphatic carbocycles. The molecule has 0 saturated heterocycles. The van der Waals surface area contributed by atoms with Gasteiger partial charge in [-0.2, -0.15) is 0 Å². The monoisotopic (exact) mass is 232 g/mol. The average Bonchev–Trinajstić information content (AvgIpc) is 3.16. The van der Waals surface area contributed by atoms with Gasteiger partial charge in [-0.15, -0.1) is 0 Å². The van der Waals surface area contributed by atoms with Gasteiger partial charge >= 0.3 is 0 Å². The third-order valence-corrected chi connectivity index (χ3v) is 3.49. The standard InChI is InChI=1S/C13H20N4/c1-2-15-13-10-5-7-14-8-6-11(10)16-12(17-13)9-3-4-9/h9,14H,2-8H2,1H3,(H,15,16,17). The highest BCUT2D eigenvalue weighted by Crippen LogP contribution is 2.39. The van der Waals surface area contributed by atoms with E-state index in [1.165, 1.54) is 24.1 Å². The summed E-state index contributed by atoms with van der Waals surface area (Å²) < 4.78 is 0. The van der Waals surface area contributed by atoms with Crippen LogP contribution in [0, 0.1) is 0 Å². The summed E-state index contributed by atoms with van der Waals surface area (Å²) in [5, 5.41) is 6.84. The van der Waals surface area contributed by atoms with E-state index in [1.54, 1.807) is 0 Å². The van der Waals surface area contributed by atoms with E-state index in [1.807, 2.05) is 0 Å². The van der Waals surface area contributed by atoms with Gasteiger partial charge in [0.2, 0.25) is 0 Å². The van der Waals surface area contributed by atoms with Crippen LogP contribution in [-0.4, -0.2) is 29.6 Å². The second kappa shape index (κ2) is 4.61. The Balaban J connectivity index is 2.00. The van der Waals surface area contributed by atoms with Gasteiger partial charge in [0.25, 0.3) is 0 Å². The summed E-state index contributed by atoms with van der Waals surface area (Å²) in [5.41, 5.74) is 2.60. The van der Waals surface area contributed by atoms with Gasteiger partial charge in [0.1, 0.15) is 11.6 Å². The average molecular weight is 232 g/mol. The molecule has 0 aromatic carbocycles. The molecule has 1 fully saturated rings. The van der Waals surface area contributed by atoms with E-state index in [0.29, 0.717) is 5.92 Å². The predicted octanol–water partition coefficient (Wildman–Crippen LogP) is 1.47. The van der Waals surface area contributed by atoms with E-state index in [0.717, 1.165) is 44.1 Å². The van der Waals surface area contributed by atoms with Gasteiger partial charge < -0.3 is 10.6 Å². The molecule has 0 unspecified atom stereocenters. The van der Waals surface area contributed by atoms with Crippen LogP contribution in [0.3, 0.4) is 0 Å². The maximum Gasteiger partial charge on any atom is 0.134 e. The van der Waals surface area contributed by atoms with Crippen LogP contribution in [0.1, 0.15) is 42.8 Å². The lowest BCUT2D eigenvalue weighted by Crippen LogP contribution is -2.16. The smallest absolute Gasteiger partial charge is 0.134 e. The first kappa shape index (κ1) is 11.0. The Bertz CT molecular complexity index is 412. The lowest BCUT2D eigenvalue weighted by atomic mass is 10.1. The summed E-state index contributed by atoms with van der Waals surface area (Å²) in [5.74, 6) is 2.79. The van der Waals surface area contributed by atoms with Crippen LogP contribution in [-0.2, 0) is 12.8 Å². The minimum Gasteiger partial charge on any atom is -0.370 e. The van der Waals surface area contributed by atoms with Crippen molar-refractivity contribution in [3.05, 3.63) is 17.1 Å². The molecule has 2 N–H and O–H groups in total. The zero-order chi connectivity index (χ0) is 11.7. The Morgan fingerprint density at radius 3 is 2.82 bits per heavy atom. The fourth-order valence-electron chi connectivity index (χ4n) is 2.40. The van der Waals surface area contributed by atoms with E-state index in [-0.39, 0.29) is 0 Å². The number of rotatable bonds is 3. The minimum absolute atomic E-state index is 0.633. The molecular formula is C13H20N4. The number of nitrogens with one attached hydrogen (secondary N) is 2. The number of anilines is 1. The highest BCUT2D eigenvalue weighted by molar-refractivity contribution is 5.48. The van der Waals surface area contributed by atoms with Crippen molar-refractivity contribution in [2.45, 2.75) is 38.5 Å². The fourth-order valence-corrected chi connectivity index (χ4v) is 2.40. The first-order chi connectivity index (χ1) is 8.38. The quantitative estimate of drug-likeness (QED) is 0.828. The zero-order valence-corrected chi connectivity index (χ0v) is 10.4. The molecule has 0 bridgehead atoms. The molecule has 0 radical (unpaired) electrons. The number of hydrogen-bond donors (Lipinski definition) is 2. The van der Waals surface area contributed by atoms with Gasteiger partial charge in [0, 0.05) is 31.0 Å². The molecule has 1 aliphatic heterocycles. The van der Waals surface area contributed by atoms with Gasteiger partial charge in [-0.25, -0.2) is 9.97 Å². The second-order valence-electron chi connectivity index (χ2n) is 4.91. The molecule has 1 saturated carbocycles. The van der Waals surface area contributed by atoms with Crippen LogP contribution in [0.25, 0.3) is 0 Å². The van der Waals surface area contributed by atoms with Crippen LogP contribution >= 0.6 is 0 Å². The Hall–Kier alpha value is -1.16. The van der Waals surface area contributed by atoms with Crippen LogP contribution in [0.2, 0.25) is 0 Å². The lowest BCUT2D eigenvalue weighted by Gasteiger charge is -2.13. The summed E-state index contributed by atoms with van der Waals surface area (Å²) in [7, 11) is 0. The van der Waals surface area contributed by atoms with Crippen molar-refractivity contribution < 1.29 is 0 Å². The molecule has 2 heterocycles. The van der Waals surface area contributed by atoms with E-state index in [9.17, 15) is 0 Å². The predicted molar refractivity (Wildman–Crippen MR) is 68.4 cm³/mol. The van der Waals surface area contributed by atoms with Crippen LogP contribution in [0.5, 0.6) is 0 Å². The van der Waals surface area contributed by atoms with Crippen LogP contribution in [0.4, 0.5) is 5.82 Å². The third kappa shape index (κ3) is 2.27. The van der Waals surface area contributed by atoms with Crippen molar-refractivity contribution in [1.29, 1.82) is 0 Å². The maximum atomic E-state index is 4.79. The van der Waals surface area contributed by atoms with Gasteiger partial charge in [-0.3, -0.25) is 0 Å². The summed E-state index contributed by atoms with van der Waals surface area (Å²) in [6.07, 6.45) is 4.61. The summed E-state index contributed by atoms with van der Waals surface area (Å²) in [6, 6.07) is 0. The summed E-state index contributed by atoms with van der Waals surface area (Å²) >= 11 is 0. The molecule has 0 atom stereocenters. The molecule has 1 aromatic rings. The molecule has 0 amide bonds. The van der Waals surface area contributed by atoms with E-state index in [4.69, 9.17) is 9.97 Å². The second-order valence-corrected chi connectivity index (χ2v) is 4.91. The van der Waals surface area contributed by atoms with Crippen molar-refractivity contribution in [3.8, 4) is 0 Å². The molecule has 1 aromatic heterocycles. The van der Waals surface area contributed by atoms with Crippen molar-refractivity contribution in [2.24, 2.45) is 0 Å². The van der Waals surface area contributed by atoms with Gasteiger partial charge in [-0.1, -0.05) is 0 Å². The fraction of sp³-hybridized carbons (Fsp3) is 0.692. The van der Waals surface area contributed by atoms with Crippen molar-refractivity contribution >= 4 is 5.82 Å². The SMILES string of the molecule is CCNc1nc(C2CC2)nc2c1CCNCC2. The van der Waals surface area contributed by atoms with E-state index >= 15 is 0 Å². The van der Waals surface area contributed by atoms with Gasteiger partial charge in [0.05, 0.1) is 5.69 Å². The van der Waals surface area contributed by atoms with Crippen LogP contribution in [0.15, 0.2) is 0 Å². The lowest BCUT2D eigenvalue weighted by molar-refractivity contribution is 0.707. The highest BCUT2D eigenvalue weighted by atomic mass is 15.0. The normalized spacial score (nSPS) is 19.6. The maximum absolute atomic E-state index is 4.79. The highest BCUT2D eigenvalue weighted by Gasteiger charge is 2.28. The van der Waals surface area contributed by atoms with Crippen molar-refractivity contribution in [3.63, 3.8) is 0 Å². The topological polar surface area (TPSA) is 49.8 Å². The molecule has 92 valence electrons. The summed E-state index contributed by atoms with van der Waals surface area (Å²) in [6.45, 7) is 5.14. The molecule has 4 nitrogen and oxygen atoms in total. The molecule has 0 spiro atoms. The van der Waals surface area contributed by atoms with Gasteiger partial charge in [-0.05, 0) is 32.7 Å². The largest absolute Gasteiger partial charge is 0.370 e. The van der Waals surface area contributed by atoms with E-state index < -0.39 is 0 Å². The zero-order valence-electron chi connectivity index (χ0n) is 10.4.